The van der Waals surface area contributed by atoms with Crippen LogP contribution in [0.3, 0.4) is 0 Å². The van der Waals surface area contributed by atoms with Crippen LogP contribution >= 0.6 is 0 Å². The van der Waals surface area contributed by atoms with Gasteiger partial charge in [0.2, 0.25) is 0 Å². The van der Waals surface area contributed by atoms with Crippen LogP contribution in [0.4, 0.5) is 19.3 Å². The normalized spacial score (nSPS) is 15.4. The van der Waals surface area contributed by atoms with Gasteiger partial charge in [0, 0.05) is 23.7 Å². The first-order chi connectivity index (χ1) is 13.3. The summed E-state index contributed by atoms with van der Waals surface area (Å²) in [5.41, 5.74) is 0.989. The van der Waals surface area contributed by atoms with Crippen molar-refractivity contribution in [2.24, 2.45) is 0 Å². The van der Waals surface area contributed by atoms with E-state index in [-0.39, 0.29) is 23.4 Å². The van der Waals surface area contributed by atoms with Gasteiger partial charge in [-0.3, -0.25) is 4.79 Å². The molecular formula is C20H20F2N2O4. The van der Waals surface area contributed by atoms with Crippen LogP contribution in [0.15, 0.2) is 36.4 Å². The number of amides is 2. The predicted octanol–water partition coefficient (Wildman–Crippen LogP) is 4.18. The van der Waals surface area contributed by atoms with E-state index in [0.717, 1.165) is 12.1 Å². The second-order valence-electron chi connectivity index (χ2n) is 6.60. The van der Waals surface area contributed by atoms with Gasteiger partial charge < -0.3 is 20.1 Å². The van der Waals surface area contributed by atoms with Crippen LogP contribution in [0, 0.1) is 11.6 Å². The predicted molar refractivity (Wildman–Crippen MR) is 98.4 cm³/mol. The molecule has 2 aromatic carbocycles. The Balaban J connectivity index is 1.81. The maximum atomic E-state index is 13.4. The van der Waals surface area contributed by atoms with Crippen molar-refractivity contribution in [3.63, 3.8) is 0 Å². The van der Waals surface area contributed by atoms with E-state index in [2.05, 4.69) is 10.6 Å². The van der Waals surface area contributed by atoms with E-state index in [1.807, 2.05) is 0 Å². The fraction of sp³-hybridized carbons (Fsp3) is 0.300. The van der Waals surface area contributed by atoms with Crippen LogP contribution in [0.5, 0.6) is 5.75 Å². The number of fused-ring (bicyclic) bond motifs is 1. The first-order valence-electron chi connectivity index (χ1n) is 8.84. The number of hydrogen-bond acceptors (Lipinski definition) is 4. The molecule has 0 fully saturated rings. The average Bonchev–Trinajstić information content (AvgIpc) is 2.64. The van der Waals surface area contributed by atoms with Crippen LogP contribution in [-0.4, -0.2) is 24.7 Å². The molecule has 1 atom stereocenters. The zero-order valence-corrected chi connectivity index (χ0v) is 15.4. The number of carbonyl (C=O) groups excluding carboxylic acids is 2. The molecule has 0 spiro atoms. The molecule has 1 unspecified atom stereocenters. The second kappa shape index (κ2) is 8.24. The van der Waals surface area contributed by atoms with Crippen molar-refractivity contribution in [2.45, 2.75) is 32.4 Å². The van der Waals surface area contributed by atoms with Crippen molar-refractivity contribution in [2.75, 3.05) is 11.9 Å². The van der Waals surface area contributed by atoms with Crippen LogP contribution in [0.2, 0.25) is 0 Å². The molecule has 1 aliphatic rings. The van der Waals surface area contributed by atoms with Crippen molar-refractivity contribution >= 4 is 17.7 Å². The van der Waals surface area contributed by atoms with Crippen molar-refractivity contribution in [1.82, 2.24) is 5.32 Å². The first-order valence-corrected chi connectivity index (χ1v) is 8.84. The molecular weight excluding hydrogens is 370 g/mol. The standard InChI is InChI=1S/C20H20F2N2O4/c1-11(2)28-20(26)24-17-8-9-27-18-13(17)4-3-5-14(18)19(25)23-12-6-7-15(21)16(22)10-12/h3-7,10-11,17H,8-9H2,1-2H3,(H,23,25)(H,24,26). The van der Waals surface area contributed by atoms with Crippen molar-refractivity contribution in [1.29, 1.82) is 0 Å². The minimum absolute atomic E-state index is 0.118. The maximum absolute atomic E-state index is 13.4. The highest BCUT2D eigenvalue weighted by molar-refractivity contribution is 6.06. The number of para-hydroxylation sites is 1. The lowest BCUT2D eigenvalue weighted by Gasteiger charge is -2.28. The molecule has 6 nitrogen and oxygen atoms in total. The number of hydrogen-bond donors (Lipinski definition) is 2. The molecule has 2 aromatic rings. The zero-order valence-electron chi connectivity index (χ0n) is 15.4. The SMILES string of the molecule is CC(C)OC(=O)NC1CCOc2c(C(=O)Nc3ccc(F)c(F)c3)cccc21. The highest BCUT2D eigenvalue weighted by Gasteiger charge is 2.27. The summed E-state index contributed by atoms with van der Waals surface area (Å²) in [4.78, 5) is 24.6. The van der Waals surface area contributed by atoms with Gasteiger partial charge in [-0.2, -0.15) is 0 Å². The Kier molecular flexibility index (Phi) is 5.77. The summed E-state index contributed by atoms with van der Waals surface area (Å²) >= 11 is 0. The highest BCUT2D eigenvalue weighted by Crippen LogP contribution is 2.35. The summed E-state index contributed by atoms with van der Waals surface area (Å²) in [6.07, 6.45) is -0.286. The van der Waals surface area contributed by atoms with Crippen molar-refractivity contribution in [3.05, 3.63) is 59.2 Å². The Morgan fingerprint density at radius 3 is 2.68 bits per heavy atom. The van der Waals surface area contributed by atoms with Gasteiger partial charge in [-0.1, -0.05) is 12.1 Å². The lowest BCUT2D eigenvalue weighted by atomic mass is 9.97. The van der Waals surface area contributed by atoms with Gasteiger partial charge in [0.05, 0.1) is 24.3 Å². The van der Waals surface area contributed by atoms with Gasteiger partial charge >= 0.3 is 6.09 Å². The molecule has 0 saturated heterocycles. The Hall–Kier alpha value is -3.16. The lowest BCUT2D eigenvalue weighted by molar-refractivity contribution is 0.102. The molecule has 1 heterocycles. The van der Waals surface area contributed by atoms with E-state index in [1.165, 1.54) is 6.07 Å². The third kappa shape index (κ3) is 4.39. The molecule has 2 N–H and O–H groups in total. The molecule has 3 rings (SSSR count). The number of benzene rings is 2. The number of carbonyl (C=O) groups is 2. The van der Waals surface area contributed by atoms with E-state index in [4.69, 9.17) is 9.47 Å². The molecule has 148 valence electrons. The molecule has 2 amide bonds. The monoisotopic (exact) mass is 390 g/mol. The Morgan fingerprint density at radius 2 is 1.96 bits per heavy atom. The van der Waals surface area contributed by atoms with Gasteiger partial charge in [0.1, 0.15) is 5.75 Å². The van der Waals surface area contributed by atoms with Crippen molar-refractivity contribution in [3.8, 4) is 5.75 Å². The van der Waals surface area contributed by atoms with Gasteiger partial charge in [-0.15, -0.1) is 0 Å². The summed E-state index contributed by atoms with van der Waals surface area (Å²) in [6, 6.07) is 7.70. The summed E-state index contributed by atoms with van der Waals surface area (Å²) in [5, 5.41) is 5.29. The minimum atomic E-state index is -1.06. The molecule has 0 radical (unpaired) electrons. The maximum Gasteiger partial charge on any atom is 0.407 e. The topological polar surface area (TPSA) is 76.7 Å². The molecule has 0 aromatic heterocycles. The molecule has 0 saturated carbocycles. The van der Waals surface area contributed by atoms with E-state index in [0.29, 0.717) is 24.3 Å². The third-order valence-corrected chi connectivity index (χ3v) is 4.13. The van der Waals surface area contributed by atoms with Crippen LogP contribution < -0.4 is 15.4 Å². The summed E-state index contributed by atoms with van der Waals surface area (Å²) in [5.74, 6) is -2.25. The van der Waals surface area contributed by atoms with E-state index >= 15 is 0 Å². The molecule has 28 heavy (non-hydrogen) atoms. The van der Waals surface area contributed by atoms with Gasteiger partial charge in [0.25, 0.3) is 5.91 Å². The molecule has 0 aliphatic carbocycles. The largest absolute Gasteiger partial charge is 0.492 e. The van der Waals surface area contributed by atoms with Gasteiger partial charge in [-0.05, 0) is 32.0 Å². The van der Waals surface area contributed by atoms with E-state index in [1.54, 1.807) is 32.0 Å². The Labute approximate surface area is 160 Å². The number of rotatable bonds is 4. The average molecular weight is 390 g/mol. The first kappa shape index (κ1) is 19.6. The number of alkyl carbamates (subject to hydrolysis) is 1. The van der Waals surface area contributed by atoms with Crippen LogP contribution in [0.25, 0.3) is 0 Å². The number of ether oxygens (including phenoxy) is 2. The number of nitrogens with one attached hydrogen (secondary N) is 2. The zero-order chi connectivity index (χ0) is 20.3. The van der Waals surface area contributed by atoms with Gasteiger partial charge in [-0.25, -0.2) is 13.6 Å². The van der Waals surface area contributed by atoms with E-state index in [9.17, 15) is 18.4 Å². The van der Waals surface area contributed by atoms with Gasteiger partial charge in [0.15, 0.2) is 11.6 Å². The highest BCUT2D eigenvalue weighted by atomic mass is 19.2. The molecule has 1 aliphatic heterocycles. The number of halogens is 2. The third-order valence-electron chi connectivity index (χ3n) is 4.13. The Morgan fingerprint density at radius 1 is 1.18 bits per heavy atom. The second-order valence-corrected chi connectivity index (χ2v) is 6.60. The minimum Gasteiger partial charge on any atom is -0.492 e. The van der Waals surface area contributed by atoms with Crippen LogP contribution in [-0.2, 0) is 4.74 Å². The number of anilines is 1. The molecule has 8 heteroatoms. The summed E-state index contributed by atoms with van der Waals surface area (Å²) in [6.45, 7) is 3.80. The van der Waals surface area contributed by atoms with Crippen molar-refractivity contribution < 1.29 is 27.8 Å². The fourth-order valence-electron chi connectivity index (χ4n) is 2.92. The fourth-order valence-corrected chi connectivity index (χ4v) is 2.92. The lowest BCUT2D eigenvalue weighted by Crippen LogP contribution is -2.34. The smallest absolute Gasteiger partial charge is 0.407 e. The summed E-state index contributed by atoms with van der Waals surface area (Å²) in [7, 11) is 0. The summed E-state index contributed by atoms with van der Waals surface area (Å²) < 4.78 is 37.2. The quantitative estimate of drug-likeness (QED) is 0.821. The van der Waals surface area contributed by atoms with Crippen LogP contribution in [0.1, 0.15) is 42.2 Å². The molecule has 0 bridgehead atoms. The van der Waals surface area contributed by atoms with E-state index < -0.39 is 23.6 Å². The Bertz CT molecular complexity index is 902.